The van der Waals surface area contributed by atoms with Gasteiger partial charge >= 0.3 is 0 Å². The van der Waals surface area contributed by atoms with Crippen molar-refractivity contribution in [1.82, 2.24) is 9.80 Å². The highest BCUT2D eigenvalue weighted by Crippen LogP contribution is 2.19. The van der Waals surface area contributed by atoms with Crippen LogP contribution in [0.25, 0.3) is 0 Å². The van der Waals surface area contributed by atoms with Crippen LogP contribution in [0.15, 0.2) is 30.3 Å². The SMILES string of the molecule is CC.O=C1COCCN1C1CCN(Cc2ccccc2)CC1. The summed E-state index contributed by atoms with van der Waals surface area (Å²) in [6.45, 7) is 8.89. The van der Waals surface area contributed by atoms with Crippen molar-refractivity contribution in [3.8, 4) is 0 Å². The Balaban J connectivity index is 0.000000847. The number of morpholine rings is 1. The smallest absolute Gasteiger partial charge is 0.248 e. The van der Waals surface area contributed by atoms with Crippen LogP contribution in [-0.2, 0) is 16.1 Å². The molecule has 1 aromatic carbocycles. The molecule has 3 rings (SSSR count). The summed E-state index contributed by atoms with van der Waals surface area (Å²) in [6, 6.07) is 11.0. The average molecular weight is 304 g/mol. The van der Waals surface area contributed by atoms with Crippen molar-refractivity contribution < 1.29 is 9.53 Å². The van der Waals surface area contributed by atoms with E-state index in [2.05, 4.69) is 35.2 Å². The molecule has 2 aliphatic heterocycles. The van der Waals surface area contributed by atoms with Gasteiger partial charge in [-0.25, -0.2) is 0 Å². The van der Waals surface area contributed by atoms with Crippen LogP contribution in [0.4, 0.5) is 0 Å². The lowest BCUT2D eigenvalue weighted by Crippen LogP contribution is -2.51. The molecule has 0 unspecified atom stereocenters. The van der Waals surface area contributed by atoms with Crippen molar-refractivity contribution in [3.05, 3.63) is 35.9 Å². The van der Waals surface area contributed by atoms with Gasteiger partial charge in [-0.05, 0) is 18.4 Å². The van der Waals surface area contributed by atoms with Crippen LogP contribution in [0, 0.1) is 0 Å². The molecule has 2 saturated heterocycles. The second-order valence-electron chi connectivity index (χ2n) is 5.63. The molecule has 0 spiro atoms. The minimum absolute atomic E-state index is 0.165. The number of hydrogen-bond acceptors (Lipinski definition) is 3. The van der Waals surface area contributed by atoms with Crippen molar-refractivity contribution >= 4 is 5.91 Å². The van der Waals surface area contributed by atoms with Crippen molar-refractivity contribution in [2.75, 3.05) is 32.8 Å². The lowest BCUT2D eigenvalue weighted by Gasteiger charge is -2.40. The first-order chi connectivity index (χ1) is 10.8. The van der Waals surface area contributed by atoms with E-state index in [0.717, 1.165) is 39.0 Å². The molecular weight excluding hydrogens is 276 g/mol. The van der Waals surface area contributed by atoms with E-state index in [1.54, 1.807) is 0 Å². The van der Waals surface area contributed by atoms with Gasteiger partial charge in [-0.1, -0.05) is 44.2 Å². The Morgan fingerprint density at radius 1 is 1.09 bits per heavy atom. The van der Waals surface area contributed by atoms with Gasteiger partial charge in [0.1, 0.15) is 6.61 Å². The van der Waals surface area contributed by atoms with Gasteiger partial charge in [0.2, 0.25) is 5.91 Å². The third-order valence-electron chi connectivity index (χ3n) is 4.27. The third kappa shape index (κ3) is 4.55. The van der Waals surface area contributed by atoms with Crippen LogP contribution >= 0.6 is 0 Å². The Morgan fingerprint density at radius 2 is 1.77 bits per heavy atom. The second kappa shape index (κ2) is 8.91. The Hall–Kier alpha value is -1.39. The van der Waals surface area contributed by atoms with Gasteiger partial charge in [0, 0.05) is 32.2 Å². The van der Waals surface area contributed by atoms with Crippen molar-refractivity contribution in [2.45, 2.75) is 39.3 Å². The molecule has 2 heterocycles. The first-order valence-corrected chi connectivity index (χ1v) is 8.46. The number of nitrogens with zero attached hydrogens (tertiary/aromatic N) is 2. The van der Waals surface area contributed by atoms with Crippen LogP contribution in [0.2, 0.25) is 0 Å². The largest absolute Gasteiger partial charge is 0.370 e. The molecule has 0 N–H and O–H groups in total. The summed E-state index contributed by atoms with van der Waals surface area (Å²) in [5, 5.41) is 0. The monoisotopic (exact) mass is 304 g/mol. The molecule has 4 nitrogen and oxygen atoms in total. The molecule has 0 saturated carbocycles. The zero-order valence-electron chi connectivity index (χ0n) is 13.8. The Bertz CT molecular complexity index is 442. The van der Waals surface area contributed by atoms with E-state index in [-0.39, 0.29) is 12.5 Å². The summed E-state index contributed by atoms with van der Waals surface area (Å²) < 4.78 is 5.20. The number of ether oxygens (including phenoxy) is 1. The number of carbonyl (C=O) groups is 1. The molecule has 4 heteroatoms. The van der Waals surface area contributed by atoms with Gasteiger partial charge in [0.25, 0.3) is 0 Å². The van der Waals surface area contributed by atoms with Crippen molar-refractivity contribution in [3.63, 3.8) is 0 Å². The summed E-state index contributed by atoms with van der Waals surface area (Å²) in [5.74, 6) is 0.165. The number of amides is 1. The molecule has 122 valence electrons. The van der Waals surface area contributed by atoms with Gasteiger partial charge in [-0.2, -0.15) is 0 Å². The standard InChI is InChI=1S/C16H22N2O2.C2H6/c19-16-13-20-11-10-18(16)15-6-8-17(9-7-15)12-14-4-2-1-3-5-14;1-2/h1-5,15H,6-13H2;1-2H3. The predicted molar refractivity (Wildman–Crippen MR) is 88.6 cm³/mol. The van der Waals surface area contributed by atoms with E-state index in [9.17, 15) is 4.79 Å². The summed E-state index contributed by atoms with van der Waals surface area (Å²) >= 11 is 0. The Labute approximate surface area is 134 Å². The molecule has 0 aromatic heterocycles. The van der Waals surface area contributed by atoms with Crippen molar-refractivity contribution in [2.24, 2.45) is 0 Å². The Morgan fingerprint density at radius 3 is 2.41 bits per heavy atom. The first-order valence-electron chi connectivity index (χ1n) is 8.46. The van der Waals surface area contributed by atoms with Crippen molar-refractivity contribution in [1.29, 1.82) is 0 Å². The maximum Gasteiger partial charge on any atom is 0.248 e. The van der Waals surface area contributed by atoms with E-state index in [0.29, 0.717) is 12.6 Å². The zero-order valence-corrected chi connectivity index (χ0v) is 13.8. The fourth-order valence-corrected chi connectivity index (χ4v) is 3.15. The summed E-state index contributed by atoms with van der Waals surface area (Å²) in [7, 11) is 0. The topological polar surface area (TPSA) is 32.8 Å². The number of likely N-dealkylation sites (tertiary alicyclic amines) is 1. The van der Waals surface area contributed by atoms with E-state index in [4.69, 9.17) is 4.74 Å². The second-order valence-corrected chi connectivity index (χ2v) is 5.63. The van der Waals surface area contributed by atoms with Crippen LogP contribution < -0.4 is 0 Å². The maximum absolute atomic E-state index is 11.9. The highest BCUT2D eigenvalue weighted by Gasteiger charge is 2.29. The van der Waals surface area contributed by atoms with Gasteiger partial charge in [-0.15, -0.1) is 0 Å². The molecule has 0 atom stereocenters. The van der Waals surface area contributed by atoms with Gasteiger partial charge in [0.05, 0.1) is 6.61 Å². The molecule has 1 amide bonds. The lowest BCUT2D eigenvalue weighted by molar-refractivity contribution is -0.146. The fourth-order valence-electron chi connectivity index (χ4n) is 3.15. The Kier molecular flexibility index (Phi) is 6.87. The van der Waals surface area contributed by atoms with Crippen LogP contribution in [0.1, 0.15) is 32.3 Å². The quantitative estimate of drug-likeness (QED) is 0.860. The van der Waals surface area contributed by atoms with E-state index in [1.807, 2.05) is 18.7 Å². The minimum Gasteiger partial charge on any atom is -0.370 e. The number of hydrogen-bond donors (Lipinski definition) is 0. The van der Waals surface area contributed by atoms with Crippen LogP contribution in [0.3, 0.4) is 0 Å². The van der Waals surface area contributed by atoms with Gasteiger partial charge in [-0.3, -0.25) is 9.69 Å². The molecule has 22 heavy (non-hydrogen) atoms. The number of rotatable bonds is 3. The minimum atomic E-state index is 0.165. The molecular formula is C18H28N2O2. The molecule has 0 aliphatic carbocycles. The van der Waals surface area contributed by atoms with E-state index in [1.165, 1.54) is 5.56 Å². The predicted octanol–water partition coefficient (Wildman–Crippen LogP) is 2.54. The molecule has 1 aromatic rings. The number of piperidine rings is 1. The zero-order chi connectivity index (χ0) is 15.8. The van der Waals surface area contributed by atoms with E-state index >= 15 is 0 Å². The lowest BCUT2D eigenvalue weighted by atomic mass is 10.0. The van der Waals surface area contributed by atoms with E-state index < -0.39 is 0 Å². The summed E-state index contributed by atoms with van der Waals surface area (Å²) in [4.78, 5) is 16.4. The van der Waals surface area contributed by atoms with Crippen LogP contribution in [-0.4, -0.2) is 54.6 Å². The number of carbonyl (C=O) groups excluding carboxylic acids is 1. The number of benzene rings is 1. The molecule has 2 aliphatic rings. The fraction of sp³-hybridized carbons (Fsp3) is 0.611. The average Bonchev–Trinajstić information content (AvgIpc) is 2.59. The summed E-state index contributed by atoms with van der Waals surface area (Å²) in [5.41, 5.74) is 1.37. The van der Waals surface area contributed by atoms with Gasteiger partial charge in [0.15, 0.2) is 0 Å². The third-order valence-corrected chi connectivity index (χ3v) is 4.27. The normalized spacial score (nSPS) is 20.5. The highest BCUT2D eigenvalue weighted by molar-refractivity contribution is 5.78. The first kappa shape index (κ1) is 17.0. The maximum atomic E-state index is 11.9. The van der Waals surface area contributed by atoms with Crippen LogP contribution in [0.5, 0.6) is 0 Å². The van der Waals surface area contributed by atoms with Gasteiger partial charge < -0.3 is 9.64 Å². The molecule has 0 bridgehead atoms. The highest BCUT2D eigenvalue weighted by atomic mass is 16.5. The molecule has 2 fully saturated rings. The molecule has 0 radical (unpaired) electrons. The summed E-state index contributed by atoms with van der Waals surface area (Å²) in [6.07, 6.45) is 2.16.